The molecule has 0 aliphatic rings. The standard InChI is InChI=1S/C5H9N2S3/c1-7-5(9-3)10-4(6-7)8-2/h1-3H3/q+1. The van der Waals surface area contributed by atoms with Crippen molar-refractivity contribution in [2.24, 2.45) is 7.05 Å². The summed E-state index contributed by atoms with van der Waals surface area (Å²) in [7, 11) is 1.97. The van der Waals surface area contributed by atoms with Gasteiger partial charge in [-0.3, -0.25) is 0 Å². The summed E-state index contributed by atoms with van der Waals surface area (Å²) in [4.78, 5) is 0. The SMILES string of the molecule is CSc1n[n+](C)c(SC)s1. The molecule has 0 radical (unpaired) electrons. The summed E-state index contributed by atoms with van der Waals surface area (Å²) in [5.41, 5.74) is 0. The van der Waals surface area contributed by atoms with Gasteiger partial charge >= 0.3 is 4.34 Å². The molecule has 0 aliphatic heterocycles. The molecule has 56 valence electrons. The Kier molecular flexibility index (Phi) is 3.00. The molecule has 1 rings (SSSR count). The molecule has 0 bridgehead atoms. The van der Waals surface area contributed by atoms with E-state index in [0.29, 0.717) is 0 Å². The van der Waals surface area contributed by atoms with Crippen LogP contribution in [-0.2, 0) is 7.05 Å². The molecule has 10 heavy (non-hydrogen) atoms. The summed E-state index contributed by atoms with van der Waals surface area (Å²) in [6, 6.07) is 0. The highest BCUT2D eigenvalue weighted by Crippen LogP contribution is 2.23. The van der Waals surface area contributed by atoms with Gasteiger partial charge in [-0.05, 0) is 35.6 Å². The van der Waals surface area contributed by atoms with Gasteiger partial charge in [0.2, 0.25) is 4.34 Å². The van der Waals surface area contributed by atoms with Crippen molar-refractivity contribution in [3.8, 4) is 0 Å². The summed E-state index contributed by atoms with van der Waals surface area (Å²) in [5, 5.41) is 4.28. The number of rotatable bonds is 2. The third-order valence-corrected chi connectivity index (χ3v) is 4.26. The molecule has 1 aromatic rings. The van der Waals surface area contributed by atoms with Crippen molar-refractivity contribution < 1.29 is 4.68 Å². The van der Waals surface area contributed by atoms with Crippen LogP contribution in [0.15, 0.2) is 8.68 Å². The zero-order valence-corrected chi connectivity index (χ0v) is 8.57. The van der Waals surface area contributed by atoms with E-state index in [-0.39, 0.29) is 0 Å². The molecule has 2 nitrogen and oxygen atoms in total. The van der Waals surface area contributed by atoms with Crippen LogP contribution in [-0.4, -0.2) is 17.6 Å². The molecule has 1 aromatic heterocycles. The van der Waals surface area contributed by atoms with E-state index in [1.54, 1.807) is 34.9 Å². The molecule has 0 saturated carbocycles. The fraction of sp³-hybridized carbons (Fsp3) is 0.600. The zero-order chi connectivity index (χ0) is 7.56. The van der Waals surface area contributed by atoms with Gasteiger partial charge in [0, 0.05) is 5.10 Å². The first-order chi connectivity index (χ1) is 4.77. The molecular formula is C5H9N2S3+. The van der Waals surface area contributed by atoms with Crippen LogP contribution in [0.3, 0.4) is 0 Å². The second kappa shape index (κ2) is 3.59. The van der Waals surface area contributed by atoms with Crippen molar-refractivity contribution in [2.75, 3.05) is 12.5 Å². The topological polar surface area (TPSA) is 16.8 Å². The van der Waals surface area contributed by atoms with E-state index in [1.165, 1.54) is 4.34 Å². The molecular weight excluding hydrogens is 184 g/mol. The second-order valence-corrected chi connectivity index (χ2v) is 4.75. The maximum atomic E-state index is 4.28. The van der Waals surface area contributed by atoms with Gasteiger partial charge < -0.3 is 0 Å². The van der Waals surface area contributed by atoms with Crippen molar-refractivity contribution in [1.82, 2.24) is 5.10 Å². The number of aryl methyl sites for hydroxylation is 1. The largest absolute Gasteiger partial charge is 0.324 e. The van der Waals surface area contributed by atoms with Crippen LogP contribution in [0.4, 0.5) is 0 Å². The van der Waals surface area contributed by atoms with Crippen LogP contribution >= 0.6 is 34.9 Å². The van der Waals surface area contributed by atoms with E-state index in [0.717, 1.165) is 4.34 Å². The predicted molar refractivity (Wildman–Crippen MR) is 46.9 cm³/mol. The van der Waals surface area contributed by atoms with Gasteiger partial charge in [-0.2, -0.15) is 0 Å². The minimum Gasteiger partial charge on any atom is -0.0926 e. The van der Waals surface area contributed by atoms with E-state index >= 15 is 0 Å². The monoisotopic (exact) mass is 193 g/mol. The van der Waals surface area contributed by atoms with Crippen molar-refractivity contribution in [3.05, 3.63) is 0 Å². The van der Waals surface area contributed by atoms with Gasteiger partial charge in [0.15, 0.2) is 7.05 Å². The van der Waals surface area contributed by atoms with Crippen LogP contribution in [0.2, 0.25) is 0 Å². The molecule has 0 spiro atoms. The molecule has 0 saturated heterocycles. The van der Waals surface area contributed by atoms with Crippen LogP contribution in [0.25, 0.3) is 0 Å². The second-order valence-electron chi connectivity index (χ2n) is 1.67. The van der Waals surface area contributed by atoms with E-state index in [2.05, 4.69) is 11.4 Å². The van der Waals surface area contributed by atoms with Crippen molar-refractivity contribution in [2.45, 2.75) is 8.68 Å². The minimum atomic E-state index is 1.13. The molecule has 0 fully saturated rings. The highest BCUT2D eigenvalue weighted by Gasteiger charge is 2.13. The lowest BCUT2D eigenvalue weighted by molar-refractivity contribution is -0.760. The normalized spacial score (nSPS) is 10.3. The Morgan fingerprint density at radius 2 is 2.10 bits per heavy atom. The molecule has 0 aliphatic carbocycles. The van der Waals surface area contributed by atoms with Gasteiger partial charge in [-0.25, -0.2) is 0 Å². The minimum absolute atomic E-state index is 1.13. The number of hydrogen-bond donors (Lipinski definition) is 0. The van der Waals surface area contributed by atoms with E-state index < -0.39 is 0 Å². The molecule has 0 N–H and O–H groups in total. The predicted octanol–water partition coefficient (Wildman–Crippen LogP) is 1.41. The lowest BCUT2D eigenvalue weighted by Gasteiger charge is -1.76. The summed E-state index contributed by atoms with van der Waals surface area (Å²) < 4.78 is 4.30. The van der Waals surface area contributed by atoms with E-state index in [9.17, 15) is 0 Å². The smallest absolute Gasteiger partial charge is 0.0926 e. The fourth-order valence-electron chi connectivity index (χ4n) is 0.581. The Morgan fingerprint density at radius 3 is 2.40 bits per heavy atom. The van der Waals surface area contributed by atoms with Crippen LogP contribution in [0.5, 0.6) is 0 Å². The highest BCUT2D eigenvalue weighted by atomic mass is 32.2. The van der Waals surface area contributed by atoms with Gasteiger partial charge in [0.1, 0.15) is 0 Å². The lowest BCUT2D eigenvalue weighted by Crippen LogP contribution is -2.31. The first-order valence-electron chi connectivity index (χ1n) is 2.73. The summed E-state index contributed by atoms with van der Waals surface area (Å²) in [6.07, 6.45) is 4.11. The van der Waals surface area contributed by atoms with E-state index in [1.807, 2.05) is 18.0 Å². The van der Waals surface area contributed by atoms with Gasteiger partial charge in [-0.1, -0.05) is 16.4 Å². The lowest BCUT2D eigenvalue weighted by atomic mass is 11.3. The fourth-order valence-corrected chi connectivity index (χ4v) is 2.87. The molecule has 0 aromatic carbocycles. The Hall–Kier alpha value is 0.260. The Labute approximate surface area is 73.0 Å². The van der Waals surface area contributed by atoms with Gasteiger partial charge in [0.05, 0.1) is 0 Å². The number of hydrogen-bond acceptors (Lipinski definition) is 4. The third kappa shape index (κ3) is 1.65. The average molecular weight is 193 g/mol. The van der Waals surface area contributed by atoms with E-state index in [4.69, 9.17) is 0 Å². The third-order valence-electron chi connectivity index (χ3n) is 1.02. The summed E-state index contributed by atoms with van der Waals surface area (Å²) in [5.74, 6) is 0. The number of thioether (sulfide) groups is 2. The maximum Gasteiger partial charge on any atom is 0.324 e. The molecule has 0 amide bonds. The Morgan fingerprint density at radius 1 is 1.40 bits per heavy atom. The highest BCUT2D eigenvalue weighted by molar-refractivity contribution is 8.02. The molecule has 5 heteroatoms. The quantitative estimate of drug-likeness (QED) is 0.522. The number of aromatic nitrogens is 2. The Balaban J connectivity index is 2.92. The number of nitrogens with zero attached hydrogens (tertiary/aromatic N) is 2. The van der Waals surface area contributed by atoms with Crippen molar-refractivity contribution in [1.29, 1.82) is 0 Å². The Bertz CT molecular complexity index is 221. The van der Waals surface area contributed by atoms with Crippen LogP contribution in [0, 0.1) is 0 Å². The van der Waals surface area contributed by atoms with Crippen molar-refractivity contribution >= 4 is 34.9 Å². The van der Waals surface area contributed by atoms with Gasteiger partial charge in [-0.15, -0.1) is 0 Å². The maximum absolute atomic E-state index is 4.28. The molecule has 0 atom stereocenters. The van der Waals surface area contributed by atoms with Gasteiger partial charge in [0.25, 0.3) is 0 Å². The first kappa shape index (κ1) is 8.36. The van der Waals surface area contributed by atoms with Crippen molar-refractivity contribution in [3.63, 3.8) is 0 Å². The first-order valence-corrected chi connectivity index (χ1v) is 5.99. The molecule has 1 heterocycles. The summed E-state index contributed by atoms with van der Waals surface area (Å²) >= 11 is 5.17. The summed E-state index contributed by atoms with van der Waals surface area (Å²) in [6.45, 7) is 0. The average Bonchev–Trinajstić information content (AvgIpc) is 2.30. The molecule has 0 unspecified atom stereocenters. The van der Waals surface area contributed by atoms with Crippen LogP contribution < -0.4 is 4.68 Å². The zero-order valence-electron chi connectivity index (χ0n) is 6.12. The van der Waals surface area contributed by atoms with Crippen LogP contribution in [0.1, 0.15) is 0 Å².